The molecule has 0 bridgehead atoms. The first kappa shape index (κ1) is 22.6. The molecule has 33 heavy (non-hydrogen) atoms. The number of aliphatic imine (C=N–C) groups is 1. The summed E-state index contributed by atoms with van der Waals surface area (Å²) < 4.78 is 2.29. The van der Waals surface area contributed by atoms with E-state index in [4.69, 9.17) is 5.73 Å². The lowest BCUT2D eigenvalue weighted by atomic mass is 9.96. The van der Waals surface area contributed by atoms with Gasteiger partial charge in [-0.05, 0) is 42.8 Å². The highest BCUT2D eigenvalue weighted by Crippen LogP contribution is 2.24. The van der Waals surface area contributed by atoms with Crippen molar-refractivity contribution in [1.29, 1.82) is 0 Å². The van der Waals surface area contributed by atoms with Gasteiger partial charge in [0.05, 0.1) is 0 Å². The van der Waals surface area contributed by atoms with Crippen LogP contribution in [0.15, 0.2) is 59.9 Å². The number of guanidine groups is 1. The zero-order chi connectivity index (χ0) is 23.0. The Kier molecular flexibility index (Phi) is 7.44. The molecule has 0 atom stereocenters. The summed E-state index contributed by atoms with van der Waals surface area (Å²) in [7, 11) is 1.79. The second-order valence-corrected chi connectivity index (χ2v) is 8.42. The van der Waals surface area contributed by atoms with Gasteiger partial charge in [-0.25, -0.2) is 4.98 Å². The Morgan fingerprint density at radius 1 is 1.15 bits per heavy atom. The van der Waals surface area contributed by atoms with Gasteiger partial charge in [0, 0.05) is 69.2 Å². The molecule has 1 fully saturated rings. The molecule has 1 aliphatic heterocycles. The van der Waals surface area contributed by atoms with Gasteiger partial charge in [0.2, 0.25) is 5.91 Å². The Bertz CT molecular complexity index is 1100. The molecule has 8 nitrogen and oxygen atoms in total. The van der Waals surface area contributed by atoms with Gasteiger partial charge in [0.1, 0.15) is 5.82 Å². The fourth-order valence-corrected chi connectivity index (χ4v) is 4.42. The minimum atomic E-state index is -0.197. The van der Waals surface area contributed by atoms with Gasteiger partial charge >= 0.3 is 0 Å². The number of amides is 1. The van der Waals surface area contributed by atoms with E-state index in [1.54, 1.807) is 7.05 Å². The molecule has 0 aliphatic carbocycles. The quantitative estimate of drug-likeness (QED) is 0.280. The number of piperidine rings is 1. The zero-order valence-corrected chi connectivity index (χ0v) is 19.2. The van der Waals surface area contributed by atoms with Gasteiger partial charge in [-0.15, -0.1) is 0 Å². The molecule has 0 unspecified atom stereocenters. The summed E-state index contributed by atoms with van der Waals surface area (Å²) in [5.74, 6) is 1.51. The number of benzene rings is 1. The van der Waals surface area contributed by atoms with Gasteiger partial charge in [-0.3, -0.25) is 9.79 Å². The smallest absolute Gasteiger partial charge is 0.220 e. The Balaban J connectivity index is 1.26. The first-order valence-corrected chi connectivity index (χ1v) is 11.6. The van der Waals surface area contributed by atoms with Gasteiger partial charge in [0.25, 0.3) is 0 Å². The van der Waals surface area contributed by atoms with Crippen LogP contribution < -0.4 is 21.3 Å². The Morgan fingerprint density at radius 3 is 2.76 bits per heavy atom. The standard InChI is InChI=1S/C25H33N7O/c1-27-25(29-13-5-14-31-15-9-19-6-2-3-8-22(19)31)30-18-21-7-4-12-28-24(21)32-16-10-20(11-17-32)23(26)33/h2-4,6-9,12,15,20H,5,10-11,13-14,16-18H2,1H3,(H2,26,33)(H2,27,29,30). The molecule has 3 heterocycles. The van der Waals surface area contributed by atoms with Crippen molar-refractivity contribution in [1.82, 2.24) is 20.2 Å². The maximum atomic E-state index is 11.5. The van der Waals surface area contributed by atoms with Crippen LogP contribution >= 0.6 is 0 Å². The molecule has 1 saturated heterocycles. The molecular formula is C25H33N7O. The second-order valence-electron chi connectivity index (χ2n) is 8.42. The predicted molar refractivity (Wildman–Crippen MR) is 133 cm³/mol. The number of carbonyl (C=O) groups excluding carboxylic acids is 1. The lowest BCUT2D eigenvalue weighted by Gasteiger charge is -2.32. The molecule has 4 rings (SSSR count). The molecule has 1 amide bonds. The highest BCUT2D eigenvalue weighted by Gasteiger charge is 2.24. The van der Waals surface area contributed by atoms with Crippen molar-refractivity contribution in [2.24, 2.45) is 16.6 Å². The van der Waals surface area contributed by atoms with Gasteiger partial charge < -0.3 is 25.8 Å². The van der Waals surface area contributed by atoms with Crippen molar-refractivity contribution in [3.8, 4) is 0 Å². The number of nitrogens with two attached hydrogens (primary N) is 1. The van der Waals surface area contributed by atoms with Gasteiger partial charge in [0.15, 0.2) is 5.96 Å². The van der Waals surface area contributed by atoms with Crippen LogP contribution in [0.3, 0.4) is 0 Å². The minimum Gasteiger partial charge on any atom is -0.369 e. The second kappa shape index (κ2) is 10.8. The van der Waals surface area contributed by atoms with E-state index < -0.39 is 0 Å². The fourth-order valence-electron chi connectivity index (χ4n) is 4.42. The van der Waals surface area contributed by atoms with E-state index in [1.807, 2.05) is 12.3 Å². The number of nitrogens with one attached hydrogen (secondary N) is 2. The molecule has 8 heteroatoms. The Labute approximate surface area is 194 Å². The third kappa shape index (κ3) is 5.63. The normalized spacial score (nSPS) is 15.1. The van der Waals surface area contributed by atoms with E-state index in [1.165, 1.54) is 10.9 Å². The monoisotopic (exact) mass is 447 g/mol. The van der Waals surface area contributed by atoms with Crippen LogP contribution in [0.1, 0.15) is 24.8 Å². The van der Waals surface area contributed by atoms with Crippen LogP contribution in [0.2, 0.25) is 0 Å². The number of hydrogen-bond donors (Lipinski definition) is 3. The van der Waals surface area contributed by atoms with Crippen molar-refractivity contribution >= 4 is 28.6 Å². The van der Waals surface area contributed by atoms with Gasteiger partial charge in [-0.1, -0.05) is 24.3 Å². The average molecular weight is 448 g/mol. The van der Waals surface area contributed by atoms with Crippen molar-refractivity contribution in [2.45, 2.75) is 32.4 Å². The number of pyridine rings is 1. The zero-order valence-electron chi connectivity index (χ0n) is 19.2. The molecule has 0 radical (unpaired) electrons. The molecular weight excluding hydrogens is 414 g/mol. The number of primary amides is 1. The Morgan fingerprint density at radius 2 is 1.97 bits per heavy atom. The van der Waals surface area contributed by atoms with Gasteiger partial charge in [-0.2, -0.15) is 0 Å². The van der Waals surface area contributed by atoms with Crippen LogP contribution in [0, 0.1) is 5.92 Å². The largest absolute Gasteiger partial charge is 0.369 e. The van der Waals surface area contributed by atoms with E-state index >= 15 is 0 Å². The van der Waals surface area contributed by atoms with Crippen molar-refractivity contribution < 1.29 is 4.79 Å². The summed E-state index contributed by atoms with van der Waals surface area (Å²) in [6.45, 7) is 3.98. The van der Waals surface area contributed by atoms with E-state index in [9.17, 15) is 4.79 Å². The number of para-hydroxylation sites is 1. The van der Waals surface area contributed by atoms with Crippen LogP contribution in [0.25, 0.3) is 10.9 Å². The molecule has 174 valence electrons. The topological polar surface area (TPSA) is 101 Å². The number of aromatic nitrogens is 2. The summed E-state index contributed by atoms with van der Waals surface area (Å²) in [4.78, 5) is 22.7. The molecule has 1 aliphatic rings. The maximum Gasteiger partial charge on any atom is 0.220 e. The van der Waals surface area contributed by atoms with E-state index in [0.717, 1.165) is 62.8 Å². The van der Waals surface area contributed by atoms with Crippen molar-refractivity contribution in [2.75, 3.05) is 31.6 Å². The first-order valence-electron chi connectivity index (χ1n) is 11.6. The lowest BCUT2D eigenvalue weighted by Crippen LogP contribution is -2.40. The number of aryl methyl sites for hydroxylation is 1. The number of anilines is 1. The van der Waals surface area contributed by atoms with E-state index in [-0.39, 0.29) is 11.8 Å². The minimum absolute atomic E-state index is 0.0286. The highest BCUT2D eigenvalue weighted by atomic mass is 16.1. The van der Waals surface area contributed by atoms with E-state index in [0.29, 0.717) is 6.54 Å². The number of carbonyl (C=O) groups is 1. The first-order chi connectivity index (χ1) is 16.2. The molecule has 2 aromatic heterocycles. The molecule has 3 aromatic rings. The lowest BCUT2D eigenvalue weighted by molar-refractivity contribution is -0.122. The molecule has 0 spiro atoms. The summed E-state index contributed by atoms with van der Waals surface area (Å²) >= 11 is 0. The van der Waals surface area contributed by atoms with Crippen LogP contribution in [0.4, 0.5) is 5.82 Å². The third-order valence-electron chi connectivity index (χ3n) is 6.28. The van der Waals surface area contributed by atoms with Crippen molar-refractivity contribution in [3.63, 3.8) is 0 Å². The number of fused-ring (bicyclic) bond motifs is 1. The molecule has 4 N–H and O–H groups in total. The number of nitrogens with zero attached hydrogens (tertiary/aromatic N) is 4. The summed E-state index contributed by atoms with van der Waals surface area (Å²) in [6, 6.07) is 14.6. The number of rotatable bonds is 8. The van der Waals surface area contributed by atoms with Crippen molar-refractivity contribution in [3.05, 3.63) is 60.4 Å². The van der Waals surface area contributed by atoms with Crippen LogP contribution in [-0.2, 0) is 17.9 Å². The predicted octanol–water partition coefficient (Wildman–Crippen LogP) is 2.49. The maximum absolute atomic E-state index is 11.5. The molecule has 1 aromatic carbocycles. The van der Waals surface area contributed by atoms with Crippen LogP contribution in [-0.4, -0.2) is 48.1 Å². The Hall–Kier alpha value is -3.55. The summed E-state index contributed by atoms with van der Waals surface area (Å²) in [5, 5.41) is 8.09. The fraction of sp³-hybridized carbons (Fsp3) is 0.400. The van der Waals surface area contributed by atoms with E-state index in [2.05, 4.69) is 72.7 Å². The number of hydrogen-bond acceptors (Lipinski definition) is 4. The summed E-state index contributed by atoms with van der Waals surface area (Å²) in [5.41, 5.74) is 7.85. The highest BCUT2D eigenvalue weighted by molar-refractivity contribution is 5.80. The molecule has 0 saturated carbocycles. The SMILES string of the molecule is CN=C(NCCCn1ccc2ccccc21)NCc1cccnc1N1CCC(C(N)=O)CC1. The summed E-state index contributed by atoms with van der Waals surface area (Å²) in [6.07, 6.45) is 6.51. The third-order valence-corrected chi connectivity index (χ3v) is 6.28. The average Bonchev–Trinajstić information content (AvgIpc) is 3.27. The van der Waals surface area contributed by atoms with Crippen LogP contribution in [0.5, 0.6) is 0 Å².